The average molecular weight is 623 g/mol. The molecule has 0 aliphatic carbocycles. The molecule has 11 heteroatoms. The van der Waals surface area contributed by atoms with Crippen molar-refractivity contribution in [1.29, 1.82) is 0 Å². The Bertz CT molecular complexity index is 1800. The number of hydrazone groups is 1. The Morgan fingerprint density at radius 2 is 1.70 bits per heavy atom. The maximum Gasteiger partial charge on any atom is 0.338 e. The quantitative estimate of drug-likeness (QED) is 0.113. The Morgan fingerprint density at radius 3 is 2.48 bits per heavy atom. The van der Waals surface area contributed by atoms with Crippen molar-refractivity contribution < 1.29 is 33.3 Å². The third kappa shape index (κ3) is 7.44. The number of allylic oxidation sites excluding steroid dienone is 1. The summed E-state index contributed by atoms with van der Waals surface area (Å²) in [4.78, 5) is 37.6. The van der Waals surface area contributed by atoms with Crippen LogP contribution in [0.2, 0.25) is 0 Å². The smallest absolute Gasteiger partial charge is 0.338 e. The van der Waals surface area contributed by atoms with Crippen LogP contribution in [0.15, 0.2) is 101 Å². The summed E-state index contributed by atoms with van der Waals surface area (Å²) in [5.41, 5.74) is 5.49. The van der Waals surface area contributed by atoms with Gasteiger partial charge in [0.25, 0.3) is 5.91 Å². The Morgan fingerprint density at radius 1 is 0.935 bits per heavy atom. The van der Waals surface area contributed by atoms with Crippen molar-refractivity contribution >= 4 is 34.9 Å². The summed E-state index contributed by atoms with van der Waals surface area (Å²) in [6.07, 6.45) is 1.56. The van der Waals surface area contributed by atoms with Gasteiger partial charge in [-0.05, 0) is 53.9 Å². The first-order valence-corrected chi connectivity index (χ1v) is 14.6. The molecule has 3 amide bonds. The van der Waals surface area contributed by atoms with Gasteiger partial charge in [0.15, 0.2) is 18.1 Å². The van der Waals surface area contributed by atoms with Crippen LogP contribution in [0.25, 0.3) is 10.8 Å². The number of rotatable bonds is 12. The highest BCUT2D eigenvalue weighted by atomic mass is 16.5. The van der Waals surface area contributed by atoms with E-state index in [1.165, 1.54) is 7.11 Å². The molecule has 1 atom stereocenters. The molecule has 0 spiro atoms. The second-order valence-electron chi connectivity index (χ2n) is 10.3. The minimum atomic E-state index is -0.774. The number of benzene rings is 4. The number of urea groups is 1. The number of methoxy groups -OCH3 is 1. The molecule has 4 aromatic rings. The number of hydrogen-bond donors (Lipinski definition) is 3. The minimum absolute atomic E-state index is 0.184. The lowest BCUT2D eigenvalue weighted by Crippen LogP contribution is -2.45. The minimum Gasteiger partial charge on any atom is -0.493 e. The highest BCUT2D eigenvalue weighted by molar-refractivity contribution is 6.02. The second kappa shape index (κ2) is 14.8. The molecular weight excluding hydrogens is 588 g/mol. The zero-order valence-corrected chi connectivity index (χ0v) is 25.7. The van der Waals surface area contributed by atoms with Gasteiger partial charge in [-0.2, -0.15) is 5.10 Å². The second-order valence-corrected chi connectivity index (χ2v) is 10.3. The fraction of sp³-hybridized carbons (Fsp3) is 0.200. The molecule has 1 aliphatic rings. The van der Waals surface area contributed by atoms with Gasteiger partial charge in [-0.3, -0.25) is 4.79 Å². The van der Waals surface area contributed by atoms with E-state index in [1.807, 2.05) is 66.7 Å². The predicted molar refractivity (Wildman–Crippen MR) is 173 cm³/mol. The van der Waals surface area contributed by atoms with Crippen molar-refractivity contribution in [2.75, 3.05) is 20.3 Å². The van der Waals surface area contributed by atoms with Gasteiger partial charge in [0.05, 0.1) is 31.5 Å². The van der Waals surface area contributed by atoms with Crippen molar-refractivity contribution in [3.8, 4) is 17.2 Å². The molecule has 0 saturated heterocycles. The maximum absolute atomic E-state index is 12.7. The first kappa shape index (κ1) is 31.6. The topological polar surface area (TPSA) is 137 Å². The molecule has 3 N–H and O–H groups in total. The van der Waals surface area contributed by atoms with E-state index in [9.17, 15) is 14.4 Å². The van der Waals surface area contributed by atoms with E-state index in [-0.39, 0.29) is 24.5 Å². The van der Waals surface area contributed by atoms with E-state index in [2.05, 4.69) is 21.2 Å². The van der Waals surface area contributed by atoms with Crippen LogP contribution >= 0.6 is 0 Å². The van der Waals surface area contributed by atoms with Crippen molar-refractivity contribution in [3.05, 3.63) is 113 Å². The Labute approximate surface area is 266 Å². The number of amides is 3. The van der Waals surface area contributed by atoms with E-state index in [0.29, 0.717) is 29.4 Å². The monoisotopic (exact) mass is 622 g/mol. The van der Waals surface area contributed by atoms with Gasteiger partial charge in [0.1, 0.15) is 12.4 Å². The summed E-state index contributed by atoms with van der Waals surface area (Å²) in [5, 5.41) is 11.5. The number of esters is 1. The molecule has 1 aliphatic heterocycles. The molecule has 236 valence electrons. The third-order valence-electron chi connectivity index (χ3n) is 7.20. The zero-order valence-electron chi connectivity index (χ0n) is 25.7. The number of carbonyl (C=O) groups is 3. The number of ether oxygens (including phenoxy) is 4. The largest absolute Gasteiger partial charge is 0.493 e. The Hall–Kier alpha value is -5.84. The van der Waals surface area contributed by atoms with Gasteiger partial charge in [-0.25, -0.2) is 15.0 Å². The van der Waals surface area contributed by atoms with Crippen LogP contribution in [-0.2, 0) is 20.9 Å². The standard InChI is InChI=1S/C35H34N4O7/c1-4-44-34(41)32-22(2)37-35(42)38-33(32)25-15-17-29(30(18-25)43-3)46-21-31(40)39-36-19-27-26-13-9-8-12-24(26)14-16-28(27)45-20-23-10-6-5-7-11-23/h5-19,33H,4,20-21H2,1-3H3,(H,39,40)(H2,37,38,42)/b36-19+/t33-/m1/s1. The molecule has 0 fully saturated rings. The number of fused-ring (bicyclic) bond motifs is 1. The highest BCUT2D eigenvalue weighted by Crippen LogP contribution is 2.34. The van der Waals surface area contributed by atoms with E-state index in [1.54, 1.807) is 38.3 Å². The van der Waals surface area contributed by atoms with Gasteiger partial charge in [-0.15, -0.1) is 0 Å². The van der Waals surface area contributed by atoms with Crippen LogP contribution in [-0.4, -0.2) is 44.4 Å². The van der Waals surface area contributed by atoms with Gasteiger partial charge in [0, 0.05) is 11.3 Å². The molecule has 1 heterocycles. The van der Waals surface area contributed by atoms with Crippen LogP contribution < -0.4 is 30.3 Å². The predicted octanol–water partition coefficient (Wildman–Crippen LogP) is 5.15. The van der Waals surface area contributed by atoms with Crippen molar-refractivity contribution in [1.82, 2.24) is 16.1 Å². The molecular formula is C35H34N4O7. The average Bonchev–Trinajstić information content (AvgIpc) is 3.06. The van der Waals surface area contributed by atoms with E-state index < -0.39 is 23.9 Å². The molecule has 0 saturated carbocycles. The van der Waals surface area contributed by atoms with Crippen LogP contribution in [0, 0.1) is 0 Å². The van der Waals surface area contributed by atoms with Crippen LogP contribution in [0.4, 0.5) is 4.79 Å². The fourth-order valence-corrected chi connectivity index (χ4v) is 5.02. The molecule has 0 radical (unpaired) electrons. The van der Waals surface area contributed by atoms with E-state index in [0.717, 1.165) is 21.9 Å². The molecule has 0 bridgehead atoms. The van der Waals surface area contributed by atoms with Gasteiger partial charge in [-0.1, -0.05) is 66.7 Å². The molecule has 0 aromatic heterocycles. The first-order valence-electron chi connectivity index (χ1n) is 14.6. The number of nitrogens with one attached hydrogen (secondary N) is 3. The van der Waals surface area contributed by atoms with Crippen LogP contribution in [0.1, 0.15) is 36.6 Å². The summed E-state index contributed by atoms with van der Waals surface area (Å²) in [5.74, 6) is 0.173. The summed E-state index contributed by atoms with van der Waals surface area (Å²) in [6.45, 7) is 3.55. The van der Waals surface area contributed by atoms with Gasteiger partial charge in [0.2, 0.25) is 0 Å². The number of nitrogens with zero attached hydrogens (tertiary/aromatic N) is 1. The SMILES string of the molecule is CCOC(=O)C1=C(C)NC(=O)N[C@@H]1c1ccc(OCC(=O)N/N=C/c2c(OCc3ccccc3)ccc3ccccc23)c(OC)c1. The molecule has 4 aromatic carbocycles. The van der Waals surface area contributed by atoms with Gasteiger partial charge < -0.3 is 29.6 Å². The van der Waals surface area contributed by atoms with Crippen molar-refractivity contribution in [2.24, 2.45) is 5.10 Å². The van der Waals surface area contributed by atoms with Gasteiger partial charge >= 0.3 is 12.0 Å². The zero-order chi connectivity index (χ0) is 32.5. The molecule has 5 rings (SSSR count). The Balaban J connectivity index is 1.26. The number of hydrogen-bond acceptors (Lipinski definition) is 8. The third-order valence-corrected chi connectivity index (χ3v) is 7.20. The number of carbonyl (C=O) groups excluding carboxylic acids is 3. The maximum atomic E-state index is 12.7. The lowest BCUT2D eigenvalue weighted by molar-refractivity contribution is -0.139. The van der Waals surface area contributed by atoms with E-state index >= 15 is 0 Å². The van der Waals surface area contributed by atoms with E-state index in [4.69, 9.17) is 18.9 Å². The van der Waals surface area contributed by atoms with Crippen molar-refractivity contribution in [3.63, 3.8) is 0 Å². The lowest BCUT2D eigenvalue weighted by Gasteiger charge is -2.28. The Kier molecular flexibility index (Phi) is 10.1. The summed E-state index contributed by atoms with van der Waals surface area (Å²) >= 11 is 0. The van der Waals surface area contributed by atoms with Crippen LogP contribution in [0.3, 0.4) is 0 Å². The normalized spacial score (nSPS) is 14.4. The summed E-state index contributed by atoms with van der Waals surface area (Å²) < 4.78 is 22.5. The molecule has 11 nitrogen and oxygen atoms in total. The summed E-state index contributed by atoms with van der Waals surface area (Å²) in [6, 6.07) is 25.2. The van der Waals surface area contributed by atoms with Crippen LogP contribution in [0.5, 0.6) is 17.2 Å². The lowest BCUT2D eigenvalue weighted by atomic mass is 9.95. The highest BCUT2D eigenvalue weighted by Gasteiger charge is 2.32. The molecule has 46 heavy (non-hydrogen) atoms. The molecule has 0 unspecified atom stereocenters. The fourth-order valence-electron chi connectivity index (χ4n) is 5.02. The summed E-state index contributed by atoms with van der Waals surface area (Å²) in [7, 11) is 1.45. The van der Waals surface area contributed by atoms with Crippen molar-refractivity contribution in [2.45, 2.75) is 26.5 Å². The first-order chi connectivity index (χ1) is 22.4.